The number of hydrogen-bond acceptors (Lipinski definition) is 3. The molecule has 0 radical (unpaired) electrons. The van der Waals surface area contributed by atoms with Crippen molar-refractivity contribution in [1.82, 2.24) is 15.1 Å². The number of carbonyl (C=O) groups is 2. The molecular formula is C30H40ClN3O2. The van der Waals surface area contributed by atoms with Crippen LogP contribution in [0.4, 0.5) is 0 Å². The van der Waals surface area contributed by atoms with Gasteiger partial charge < -0.3 is 15.1 Å². The van der Waals surface area contributed by atoms with Crippen LogP contribution in [0.5, 0.6) is 0 Å². The zero-order chi connectivity index (χ0) is 24.1. The Balaban J connectivity index is 0.00000304. The highest BCUT2D eigenvalue weighted by Crippen LogP contribution is 2.42. The Hall–Kier alpha value is -2.37. The lowest BCUT2D eigenvalue weighted by molar-refractivity contribution is -0.139. The first-order valence-corrected chi connectivity index (χ1v) is 13.5. The quantitative estimate of drug-likeness (QED) is 0.521. The van der Waals surface area contributed by atoms with E-state index in [4.69, 9.17) is 0 Å². The average molecular weight is 510 g/mol. The van der Waals surface area contributed by atoms with Gasteiger partial charge >= 0.3 is 0 Å². The number of piperidine rings is 1. The summed E-state index contributed by atoms with van der Waals surface area (Å²) in [5, 5.41) is 3.37. The van der Waals surface area contributed by atoms with Gasteiger partial charge in [0, 0.05) is 25.6 Å². The van der Waals surface area contributed by atoms with Gasteiger partial charge in [-0.15, -0.1) is 12.4 Å². The first-order valence-electron chi connectivity index (χ1n) is 13.5. The summed E-state index contributed by atoms with van der Waals surface area (Å²) >= 11 is 0. The van der Waals surface area contributed by atoms with E-state index < -0.39 is 0 Å². The predicted octanol–water partition coefficient (Wildman–Crippen LogP) is 5.36. The van der Waals surface area contributed by atoms with E-state index in [0.717, 1.165) is 71.2 Å². The molecule has 0 unspecified atom stereocenters. The minimum Gasteiger partial charge on any atom is -0.349 e. The molecule has 2 saturated heterocycles. The second kappa shape index (κ2) is 12.2. The molecule has 2 heterocycles. The Morgan fingerprint density at radius 3 is 2.19 bits per heavy atom. The fourth-order valence-electron chi connectivity index (χ4n) is 6.31. The van der Waals surface area contributed by atoms with Gasteiger partial charge in [-0.25, -0.2) is 0 Å². The van der Waals surface area contributed by atoms with Crippen LogP contribution >= 0.6 is 12.4 Å². The zero-order valence-electron chi connectivity index (χ0n) is 21.2. The zero-order valence-corrected chi connectivity index (χ0v) is 22.1. The van der Waals surface area contributed by atoms with Crippen molar-refractivity contribution in [2.24, 2.45) is 11.3 Å². The number of nitrogens with zero attached hydrogens (tertiary/aromatic N) is 2. The van der Waals surface area contributed by atoms with Crippen LogP contribution in [0.2, 0.25) is 0 Å². The number of nitrogens with one attached hydrogen (secondary N) is 1. The number of halogens is 1. The van der Waals surface area contributed by atoms with E-state index in [1.54, 1.807) is 0 Å². The second-order valence-electron chi connectivity index (χ2n) is 10.8. The molecule has 2 amide bonds. The first-order chi connectivity index (χ1) is 17.1. The number of likely N-dealkylation sites (tertiary alicyclic amines) is 2. The van der Waals surface area contributed by atoms with E-state index in [0.29, 0.717) is 5.91 Å². The molecule has 36 heavy (non-hydrogen) atoms. The summed E-state index contributed by atoms with van der Waals surface area (Å²) < 4.78 is 0. The molecule has 1 spiro atoms. The van der Waals surface area contributed by atoms with Crippen LogP contribution in [-0.2, 0) is 16.1 Å². The van der Waals surface area contributed by atoms with Gasteiger partial charge in [0.25, 0.3) is 0 Å². The molecule has 1 saturated carbocycles. The van der Waals surface area contributed by atoms with E-state index in [2.05, 4.69) is 51.5 Å². The summed E-state index contributed by atoms with van der Waals surface area (Å²) in [5.74, 6) is 0.763. The van der Waals surface area contributed by atoms with Crippen LogP contribution in [0.25, 0.3) is 0 Å². The summed E-state index contributed by atoms with van der Waals surface area (Å²) in [6.07, 6.45) is 8.17. The first kappa shape index (κ1) is 26.7. The third kappa shape index (κ3) is 6.12. The predicted molar refractivity (Wildman–Crippen MR) is 146 cm³/mol. The van der Waals surface area contributed by atoms with Gasteiger partial charge in [-0.2, -0.15) is 0 Å². The van der Waals surface area contributed by atoms with Gasteiger partial charge in [-0.1, -0.05) is 73.5 Å². The summed E-state index contributed by atoms with van der Waals surface area (Å²) in [4.78, 5) is 30.8. The summed E-state index contributed by atoms with van der Waals surface area (Å²) in [7, 11) is 0. The molecule has 6 heteroatoms. The minimum atomic E-state index is -0.166. The molecule has 1 N–H and O–H groups in total. The Kier molecular flexibility index (Phi) is 9.08. The number of benzene rings is 2. The molecule has 1 atom stereocenters. The fourth-order valence-corrected chi connectivity index (χ4v) is 6.31. The molecule has 2 aromatic carbocycles. The van der Waals surface area contributed by atoms with Crippen molar-refractivity contribution < 1.29 is 9.59 Å². The van der Waals surface area contributed by atoms with Crippen molar-refractivity contribution in [2.45, 2.75) is 64.0 Å². The molecule has 3 fully saturated rings. The molecule has 2 aromatic rings. The molecular weight excluding hydrogens is 470 g/mol. The maximum atomic E-state index is 13.4. The minimum absolute atomic E-state index is 0. The third-order valence-corrected chi connectivity index (χ3v) is 8.61. The summed E-state index contributed by atoms with van der Waals surface area (Å²) in [5.41, 5.74) is 2.23. The maximum absolute atomic E-state index is 13.4. The van der Waals surface area contributed by atoms with Gasteiger partial charge in [-0.3, -0.25) is 9.59 Å². The molecule has 1 aliphatic carbocycles. The van der Waals surface area contributed by atoms with Crippen molar-refractivity contribution in [1.29, 1.82) is 0 Å². The largest absolute Gasteiger partial charge is 0.349 e. The lowest BCUT2D eigenvalue weighted by Gasteiger charge is -2.38. The number of carbonyl (C=O) groups excluding carboxylic acids is 2. The molecule has 3 aliphatic rings. The molecule has 5 rings (SSSR count). The third-order valence-electron chi connectivity index (χ3n) is 8.61. The molecule has 2 aliphatic heterocycles. The van der Waals surface area contributed by atoms with E-state index in [-0.39, 0.29) is 35.7 Å². The van der Waals surface area contributed by atoms with Crippen LogP contribution in [0.1, 0.15) is 68.5 Å². The normalized spacial score (nSPS) is 20.9. The number of rotatable bonds is 8. The van der Waals surface area contributed by atoms with Crippen LogP contribution in [0, 0.1) is 11.3 Å². The van der Waals surface area contributed by atoms with Gasteiger partial charge in [0.05, 0.1) is 11.5 Å². The van der Waals surface area contributed by atoms with Crippen LogP contribution < -0.4 is 5.32 Å². The fraction of sp³-hybridized carbons (Fsp3) is 0.533. The van der Waals surface area contributed by atoms with E-state index in [9.17, 15) is 9.59 Å². The van der Waals surface area contributed by atoms with Crippen molar-refractivity contribution in [2.75, 3.05) is 26.2 Å². The van der Waals surface area contributed by atoms with E-state index in [1.807, 2.05) is 24.3 Å². The molecule has 194 valence electrons. The summed E-state index contributed by atoms with van der Waals surface area (Å²) in [6, 6.07) is 20.8. The second-order valence-corrected chi connectivity index (χ2v) is 10.8. The van der Waals surface area contributed by atoms with Gasteiger partial charge in [-0.05, 0) is 62.7 Å². The van der Waals surface area contributed by atoms with Crippen LogP contribution in [0.15, 0.2) is 60.7 Å². The lowest BCUT2D eigenvalue weighted by Crippen LogP contribution is -2.45. The number of hydrogen-bond donors (Lipinski definition) is 1. The highest BCUT2D eigenvalue weighted by Gasteiger charge is 2.47. The van der Waals surface area contributed by atoms with Crippen molar-refractivity contribution in [3.8, 4) is 0 Å². The molecule has 5 nitrogen and oxygen atoms in total. The Labute approximate surface area is 222 Å². The molecule has 0 aromatic heterocycles. The Morgan fingerprint density at radius 1 is 0.917 bits per heavy atom. The van der Waals surface area contributed by atoms with Crippen molar-refractivity contribution in [3.63, 3.8) is 0 Å². The van der Waals surface area contributed by atoms with Crippen molar-refractivity contribution >= 4 is 24.2 Å². The maximum Gasteiger partial charge on any atom is 0.229 e. The van der Waals surface area contributed by atoms with Crippen LogP contribution in [-0.4, -0.2) is 47.8 Å². The van der Waals surface area contributed by atoms with E-state index in [1.165, 1.54) is 24.0 Å². The SMILES string of the molecule is Cl.O=C(N[C@@H](CCN1CCC2(CC1)CCN(Cc1ccccc1)C2=O)c1ccccc1)C1CCCC1. The smallest absolute Gasteiger partial charge is 0.229 e. The highest BCUT2D eigenvalue weighted by molar-refractivity contribution is 5.85. The Morgan fingerprint density at radius 2 is 1.53 bits per heavy atom. The molecule has 0 bridgehead atoms. The topological polar surface area (TPSA) is 52.7 Å². The van der Waals surface area contributed by atoms with Gasteiger partial charge in [0.1, 0.15) is 0 Å². The lowest BCUT2D eigenvalue weighted by atomic mass is 9.77. The van der Waals surface area contributed by atoms with Crippen molar-refractivity contribution in [3.05, 3.63) is 71.8 Å². The summed E-state index contributed by atoms with van der Waals surface area (Å²) in [6.45, 7) is 4.47. The highest BCUT2D eigenvalue weighted by atomic mass is 35.5. The van der Waals surface area contributed by atoms with Gasteiger partial charge in [0.2, 0.25) is 11.8 Å². The monoisotopic (exact) mass is 509 g/mol. The average Bonchev–Trinajstić information content (AvgIpc) is 3.54. The van der Waals surface area contributed by atoms with Crippen LogP contribution in [0.3, 0.4) is 0 Å². The van der Waals surface area contributed by atoms with Gasteiger partial charge in [0.15, 0.2) is 0 Å². The standard InChI is InChI=1S/C30H39N3O2.ClH/c34-28(26-13-7-8-14-26)31-27(25-11-5-2-6-12-25)15-19-32-20-16-30(17-21-32)18-22-33(29(30)35)23-24-9-3-1-4-10-24;/h1-6,9-12,26-27H,7-8,13-23H2,(H,31,34);1H/t27-;/m0./s1. The Bertz CT molecular complexity index is 986. The van der Waals surface area contributed by atoms with E-state index >= 15 is 0 Å². The number of amides is 2.